The van der Waals surface area contributed by atoms with Crippen molar-refractivity contribution in [2.75, 3.05) is 27.9 Å². The highest BCUT2D eigenvalue weighted by Gasteiger charge is 2.11. The van der Waals surface area contributed by atoms with E-state index in [0.29, 0.717) is 35.7 Å². The Bertz CT molecular complexity index is 487. The Morgan fingerprint density at radius 2 is 1.67 bits per heavy atom. The molecule has 0 unspecified atom stereocenters. The molecular weight excluding hydrogens is 270 g/mol. The summed E-state index contributed by atoms with van der Waals surface area (Å²) < 4.78 is 15.9. The van der Waals surface area contributed by atoms with Crippen molar-refractivity contribution in [3.8, 4) is 17.2 Å². The molecule has 0 saturated carbocycles. The van der Waals surface area contributed by atoms with E-state index in [4.69, 9.17) is 19.9 Å². The van der Waals surface area contributed by atoms with Crippen LogP contribution in [-0.2, 0) is 6.54 Å². The molecule has 6 heteroatoms. The number of rotatable bonds is 7. The SMILES string of the molecule is COc1cc(OC)c(OC)cc1CN=C(N)NCC(C)C. The number of methoxy groups -OCH3 is 3. The quantitative estimate of drug-likeness (QED) is 0.592. The van der Waals surface area contributed by atoms with E-state index in [2.05, 4.69) is 24.2 Å². The Hall–Kier alpha value is -2.11. The zero-order chi connectivity index (χ0) is 15.8. The van der Waals surface area contributed by atoms with Crippen LogP contribution in [0.2, 0.25) is 0 Å². The molecule has 0 amide bonds. The number of ether oxygens (including phenoxy) is 3. The molecule has 118 valence electrons. The molecule has 1 rings (SSSR count). The summed E-state index contributed by atoms with van der Waals surface area (Å²) in [6.07, 6.45) is 0. The Morgan fingerprint density at radius 3 is 2.19 bits per heavy atom. The van der Waals surface area contributed by atoms with Gasteiger partial charge < -0.3 is 25.3 Å². The lowest BCUT2D eigenvalue weighted by Crippen LogP contribution is -2.34. The lowest BCUT2D eigenvalue weighted by atomic mass is 10.1. The molecule has 0 aliphatic rings. The topological polar surface area (TPSA) is 78.1 Å². The maximum absolute atomic E-state index is 5.83. The van der Waals surface area contributed by atoms with Crippen molar-refractivity contribution in [3.63, 3.8) is 0 Å². The second kappa shape index (κ2) is 8.24. The highest BCUT2D eigenvalue weighted by molar-refractivity contribution is 5.77. The molecule has 0 aliphatic carbocycles. The van der Waals surface area contributed by atoms with E-state index >= 15 is 0 Å². The molecule has 0 heterocycles. The lowest BCUT2D eigenvalue weighted by Gasteiger charge is -2.13. The van der Waals surface area contributed by atoms with Gasteiger partial charge in [0, 0.05) is 18.2 Å². The van der Waals surface area contributed by atoms with E-state index in [1.807, 2.05) is 6.07 Å². The molecule has 3 N–H and O–H groups in total. The smallest absolute Gasteiger partial charge is 0.188 e. The van der Waals surface area contributed by atoms with Gasteiger partial charge in [0.25, 0.3) is 0 Å². The van der Waals surface area contributed by atoms with Crippen molar-refractivity contribution in [2.24, 2.45) is 16.6 Å². The Kier molecular flexibility index (Phi) is 6.65. The van der Waals surface area contributed by atoms with E-state index in [-0.39, 0.29) is 0 Å². The lowest BCUT2D eigenvalue weighted by molar-refractivity contribution is 0.347. The Morgan fingerprint density at radius 1 is 1.10 bits per heavy atom. The molecule has 0 saturated heterocycles. The number of hydrogen-bond acceptors (Lipinski definition) is 4. The number of nitrogens with one attached hydrogen (secondary N) is 1. The third-order valence-corrected chi connectivity index (χ3v) is 2.90. The van der Waals surface area contributed by atoms with Crippen LogP contribution >= 0.6 is 0 Å². The van der Waals surface area contributed by atoms with E-state index in [9.17, 15) is 0 Å². The summed E-state index contributed by atoms with van der Waals surface area (Å²) in [5.41, 5.74) is 6.71. The monoisotopic (exact) mass is 295 g/mol. The van der Waals surface area contributed by atoms with Gasteiger partial charge in [-0.2, -0.15) is 0 Å². The molecule has 6 nitrogen and oxygen atoms in total. The molecule has 0 aromatic heterocycles. The van der Waals surface area contributed by atoms with E-state index < -0.39 is 0 Å². The van der Waals surface area contributed by atoms with Gasteiger partial charge in [-0.3, -0.25) is 0 Å². The summed E-state index contributed by atoms with van der Waals surface area (Å²) in [7, 11) is 4.79. The first-order chi connectivity index (χ1) is 10.0. The van der Waals surface area contributed by atoms with Crippen LogP contribution in [0.3, 0.4) is 0 Å². The van der Waals surface area contributed by atoms with E-state index in [0.717, 1.165) is 12.1 Å². The summed E-state index contributed by atoms with van der Waals surface area (Å²) in [6, 6.07) is 3.62. The van der Waals surface area contributed by atoms with Gasteiger partial charge in [0.15, 0.2) is 17.5 Å². The zero-order valence-corrected chi connectivity index (χ0v) is 13.4. The maximum atomic E-state index is 5.83. The van der Waals surface area contributed by atoms with Gasteiger partial charge in [-0.1, -0.05) is 13.8 Å². The first-order valence-corrected chi connectivity index (χ1v) is 6.84. The van der Waals surface area contributed by atoms with Crippen molar-refractivity contribution in [1.82, 2.24) is 5.32 Å². The molecule has 0 bridgehead atoms. The van der Waals surface area contributed by atoms with E-state index in [1.54, 1.807) is 27.4 Å². The third-order valence-electron chi connectivity index (χ3n) is 2.90. The van der Waals surface area contributed by atoms with E-state index in [1.165, 1.54) is 0 Å². The van der Waals surface area contributed by atoms with Gasteiger partial charge in [0.2, 0.25) is 0 Å². The maximum Gasteiger partial charge on any atom is 0.188 e. The van der Waals surface area contributed by atoms with Gasteiger partial charge in [-0.25, -0.2) is 4.99 Å². The average molecular weight is 295 g/mol. The van der Waals surface area contributed by atoms with Crippen LogP contribution < -0.4 is 25.3 Å². The molecule has 1 aromatic carbocycles. The molecule has 0 spiro atoms. The Labute approximate surface area is 126 Å². The number of nitrogens with two attached hydrogens (primary N) is 1. The van der Waals surface area contributed by atoms with Crippen LogP contribution in [0.25, 0.3) is 0 Å². The number of benzene rings is 1. The third kappa shape index (κ3) is 5.06. The first kappa shape index (κ1) is 16.9. The van der Waals surface area contributed by atoms with Gasteiger partial charge in [-0.15, -0.1) is 0 Å². The molecule has 0 fully saturated rings. The molecular formula is C15H25N3O3. The number of guanidine groups is 1. The van der Waals surface area contributed by atoms with Crippen molar-refractivity contribution in [1.29, 1.82) is 0 Å². The zero-order valence-electron chi connectivity index (χ0n) is 13.4. The summed E-state index contributed by atoms with van der Waals surface area (Å²) in [4.78, 5) is 4.31. The van der Waals surface area contributed by atoms with Crippen LogP contribution in [0.4, 0.5) is 0 Å². The van der Waals surface area contributed by atoms with Gasteiger partial charge in [0.05, 0.1) is 27.9 Å². The molecule has 1 aromatic rings. The average Bonchev–Trinajstić information content (AvgIpc) is 2.49. The number of nitrogens with zero attached hydrogens (tertiary/aromatic N) is 1. The molecule has 0 radical (unpaired) electrons. The fourth-order valence-corrected chi connectivity index (χ4v) is 1.75. The molecule has 21 heavy (non-hydrogen) atoms. The van der Waals surface area contributed by atoms with Crippen molar-refractivity contribution in [3.05, 3.63) is 17.7 Å². The normalized spacial score (nSPS) is 11.4. The van der Waals surface area contributed by atoms with Crippen LogP contribution in [0.15, 0.2) is 17.1 Å². The summed E-state index contributed by atoms with van der Waals surface area (Å²) in [6.45, 7) is 5.41. The van der Waals surface area contributed by atoms with Crippen LogP contribution in [0, 0.1) is 5.92 Å². The number of hydrogen-bond donors (Lipinski definition) is 2. The Balaban J connectivity index is 2.89. The van der Waals surface area contributed by atoms with Gasteiger partial charge in [0.1, 0.15) is 5.75 Å². The summed E-state index contributed by atoms with van der Waals surface area (Å²) in [5.74, 6) is 2.87. The largest absolute Gasteiger partial charge is 0.496 e. The predicted octanol–water partition coefficient (Wildman–Crippen LogP) is 1.77. The summed E-state index contributed by atoms with van der Waals surface area (Å²) >= 11 is 0. The van der Waals surface area contributed by atoms with Crippen LogP contribution in [-0.4, -0.2) is 33.8 Å². The van der Waals surface area contributed by atoms with Gasteiger partial charge >= 0.3 is 0 Å². The second-order valence-electron chi connectivity index (χ2n) is 5.00. The fourth-order valence-electron chi connectivity index (χ4n) is 1.75. The van der Waals surface area contributed by atoms with Crippen molar-refractivity contribution < 1.29 is 14.2 Å². The second-order valence-corrected chi connectivity index (χ2v) is 5.00. The fraction of sp³-hybridized carbons (Fsp3) is 0.533. The molecule has 0 aliphatic heterocycles. The van der Waals surface area contributed by atoms with Crippen molar-refractivity contribution in [2.45, 2.75) is 20.4 Å². The van der Waals surface area contributed by atoms with Crippen molar-refractivity contribution >= 4 is 5.96 Å². The first-order valence-electron chi connectivity index (χ1n) is 6.84. The number of aliphatic imine (C=N–C) groups is 1. The molecule has 0 atom stereocenters. The highest BCUT2D eigenvalue weighted by atomic mass is 16.5. The predicted molar refractivity (Wildman–Crippen MR) is 84.3 cm³/mol. The minimum absolute atomic E-state index is 0.403. The van der Waals surface area contributed by atoms with Gasteiger partial charge in [-0.05, 0) is 12.0 Å². The highest BCUT2D eigenvalue weighted by Crippen LogP contribution is 2.34. The minimum Gasteiger partial charge on any atom is -0.496 e. The summed E-state index contributed by atoms with van der Waals surface area (Å²) in [5, 5.41) is 3.07. The minimum atomic E-state index is 0.403. The van der Waals surface area contributed by atoms with Crippen LogP contribution in [0.1, 0.15) is 19.4 Å². The standard InChI is InChI=1S/C15H25N3O3/c1-10(2)8-17-15(16)18-9-11-6-13(20-4)14(21-5)7-12(11)19-3/h6-7,10H,8-9H2,1-5H3,(H3,16,17,18). The van der Waals surface area contributed by atoms with Crippen LogP contribution in [0.5, 0.6) is 17.2 Å².